The van der Waals surface area contributed by atoms with E-state index in [1.165, 1.54) is 6.07 Å². The molecule has 0 aliphatic heterocycles. The quantitative estimate of drug-likeness (QED) is 0.750. The fraction of sp³-hybridized carbons (Fsp3) is 0.0769. The Morgan fingerprint density at radius 1 is 1.00 bits per heavy atom. The summed E-state index contributed by atoms with van der Waals surface area (Å²) in [4.78, 5) is 0. The average molecular weight is 202 g/mol. The van der Waals surface area contributed by atoms with Gasteiger partial charge < -0.3 is 5.11 Å². The molecule has 0 saturated heterocycles. The van der Waals surface area contributed by atoms with E-state index < -0.39 is 5.82 Å². The van der Waals surface area contributed by atoms with E-state index in [4.69, 9.17) is 5.11 Å². The number of phenols is 1. The van der Waals surface area contributed by atoms with Crippen molar-refractivity contribution in [3.05, 3.63) is 53.8 Å². The predicted molar refractivity (Wildman–Crippen MR) is 58.2 cm³/mol. The summed E-state index contributed by atoms with van der Waals surface area (Å²) in [6, 6.07) is 11.8. The van der Waals surface area contributed by atoms with Crippen molar-refractivity contribution >= 4 is 0 Å². The van der Waals surface area contributed by atoms with Gasteiger partial charge in [0.25, 0.3) is 0 Å². The molecule has 0 amide bonds. The highest BCUT2D eigenvalue weighted by atomic mass is 19.1. The van der Waals surface area contributed by atoms with Crippen molar-refractivity contribution in [2.75, 3.05) is 0 Å². The lowest BCUT2D eigenvalue weighted by molar-refractivity contribution is 0.469. The first-order valence-corrected chi connectivity index (χ1v) is 4.72. The van der Waals surface area contributed by atoms with Gasteiger partial charge in [-0.25, -0.2) is 4.39 Å². The Bertz CT molecular complexity index is 474. The number of rotatable bonds is 1. The maximum Gasteiger partial charge on any atom is 0.134 e. The molecule has 2 rings (SSSR count). The molecular weight excluding hydrogens is 191 g/mol. The van der Waals surface area contributed by atoms with Crippen LogP contribution in [0.5, 0.6) is 5.75 Å². The minimum Gasteiger partial charge on any atom is -0.508 e. The van der Waals surface area contributed by atoms with E-state index in [0.717, 1.165) is 17.2 Å². The second kappa shape index (κ2) is 3.73. The second-order valence-corrected chi connectivity index (χ2v) is 3.53. The third-order valence-electron chi connectivity index (χ3n) is 2.32. The Hall–Kier alpha value is -1.83. The molecule has 0 heterocycles. The van der Waals surface area contributed by atoms with Crippen molar-refractivity contribution in [2.24, 2.45) is 0 Å². The molecule has 15 heavy (non-hydrogen) atoms. The number of aromatic hydroxyl groups is 1. The number of aryl methyl sites for hydroxylation is 1. The Morgan fingerprint density at radius 2 is 1.67 bits per heavy atom. The maximum atomic E-state index is 13.5. The molecule has 0 saturated carbocycles. The molecule has 0 aliphatic rings. The summed E-state index contributed by atoms with van der Waals surface area (Å²) in [5.74, 6) is -0.456. The summed E-state index contributed by atoms with van der Waals surface area (Å²) >= 11 is 0. The molecule has 76 valence electrons. The lowest BCUT2D eigenvalue weighted by Gasteiger charge is -2.04. The minimum absolute atomic E-state index is 0.0524. The van der Waals surface area contributed by atoms with Crippen molar-refractivity contribution < 1.29 is 9.50 Å². The minimum atomic E-state index is -0.404. The molecule has 1 nitrogen and oxygen atoms in total. The van der Waals surface area contributed by atoms with Crippen LogP contribution >= 0.6 is 0 Å². The third-order valence-corrected chi connectivity index (χ3v) is 2.32. The molecule has 2 aromatic rings. The van der Waals surface area contributed by atoms with Crippen LogP contribution in [-0.2, 0) is 0 Å². The van der Waals surface area contributed by atoms with Crippen LogP contribution in [0.4, 0.5) is 4.39 Å². The fourth-order valence-corrected chi connectivity index (χ4v) is 1.47. The molecular formula is C13H11FO. The largest absolute Gasteiger partial charge is 0.508 e. The number of halogens is 1. The molecule has 0 radical (unpaired) electrons. The summed E-state index contributed by atoms with van der Waals surface area (Å²) in [7, 11) is 0. The van der Waals surface area contributed by atoms with Crippen molar-refractivity contribution in [1.29, 1.82) is 0 Å². The van der Waals surface area contributed by atoms with E-state index in [-0.39, 0.29) is 5.75 Å². The predicted octanol–water partition coefficient (Wildman–Crippen LogP) is 3.51. The molecule has 0 unspecified atom stereocenters. The van der Waals surface area contributed by atoms with Gasteiger partial charge in [0.15, 0.2) is 0 Å². The molecule has 2 heteroatoms. The highest BCUT2D eigenvalue weighted by Gasteiger charge is 2.04. The number of phenolic OH excluding ortho intramolecular Hbond substituents is 1. The first-order chi connectivity index (χ1) is 7.16. The Morgan fingerprint density at radius 3 is 2.27 bits per heavy atom. The fourth-order valence-electron chi connectivity index (χ4n) is 1.47. The van der Waals surface area contributed by atoms with E-state index in [2.05, 4.69) is 0 Å². The lowest BCUT2D eigenvalue weighted by Crippen LogP contribution is -1.84. The van der Waals surface area contributed by atoms with Crippen LogP contribution in [0.3, 0.4) is 0 Å². The van der Waals surface area contributed by atoms with Gasteiger partial charge in [0, 0.05) is 11.6 Å². The zero-order chi connectivity index (χ0) is 10.8. The normalized spacial score (nSPS) is 10.3. The van der Waals surface area contributed by atoms with Gasteiger partial charge in [0.2, 0.25) is 0 Å². The highest BCUT2D eigenvalue weighted by Crippen LogP contribution is 2.25. The van der Waals surface area contributed by atoms with Crippen LogP contribution < -0.4 is 0 Å². The summed E-state index contributed by atoms with van der Waals surface area (Å²) < 4.78 is 13.5. The van der Waals surface area contributed by atoms with E-state index in [1.54, 1.807) is 6.07 Å². The van der Waals surface area contributed by atoms with Crippen molar-refractivity contribution in [2.45, 2.75) is 6.92 Å². The van der Waals surface area contributed by atoms with Crippen LogP contribution in [0.25, 0.3) is 11.1 Å². The van der Waals surface area contributed by atoms with Crippen LogP contribution in [0.15, 0.2) is 42.5 Å². The first-order valence-electron chi connectivity index (χ1n) is 4.72. The lowest BCUT2D eigenvalue weighted by atomic mass is 10.0. The summed E-state index contributed by atoms with van der Waals surface area (Å²) in [6.07, 6.45) is 0. The maximum absolute atomic E-state index is 13.5. The van der Waals surface area contributed by atoms with Crippen LogP contribution in [0.1, 0.15) is 5.56 Å². The summed E-state index contributed by atoms with van der Waals surface area (Å²) in [5, 5.41) is 9.09. The van der Waals surface area contributed by atoms with Gasteiger partial charge in [-0.3, -0.25) is 0 Å². The van der Waals surface area contributed by atoms with Crippen molar-refractivity contribution in [1.82, 2.24) is 0 Å². The molecule has 0 aliphatic carbocycles. The van der Waals surface area contributed by atoms with Crippen molar-refractivity contribution in [3.8, 4) is 16.9 Å². The second-order valence-electron chi connectivity index (χ2n) is 3.53. The highest BCUT2D eigenvalue weighted by molar-refractivity contribution is 5.65. The average Bonchev–Trinajstić information content (AvgIpc) is 2.20. The van der Waals surface area contributed by atoms with Gasteiger partial charge in [-0.2, -0.15) is 0 Å². The van der Waals surface area contributed by atoms with Gasteiger partial charge in [0.1, 0.15) is 11.6 Å². The third kappa shape index (κ3) is 1.99. The number of hydrogen-bond donors (Lipinski definition) is 1. The Labute approximate surface area is 87.8 Å². The molecule has 2 aromatic carbocycles. The Balaban J connectivity index is 2.49. The van der Waals surface area contributed by atoms with Crippen LogP contribution in [-0.4, -0.2) is 5.11 Å². The zero-order valence-electron chi connectivity index (χ0n) is 8.37. The van der Waals surface area contributed by atoms with Gasteiger partial charge in [-0.05, 0) is 24.6 Å². The van der Waals surface area contributed by atoms with Crippen LogP contribution in [0.2, 0.25) is 0 Å². The molecule has 0 spiro atoms. The van der Waals surface area contributed by atoms with Gasteiger partial charge in [-0.1, -0.05) is 29.8 Å². The summed E-state index contributed by atoms with van der Waals surface area (Å²) in [6.45, 7) is 1.98. The first kappa shape index (κ1) is 9.71. The molecule has 1 N–H and O–H groups in total. The van der Waals surface area contributed by atoms with Gasteiger partial charge in [0.05, 0.1) is 0 Å². The topological polar surface area (TPSA) is 20.2 Å². The van der Waals surface area contributed by atoms with Crippen LogP contribution in [0, 0.1) is 12.7 Å². The monoisotopic (exact) mass is 202 g/mol. The van der Waals surface area contributed by atoms with E-state index >= 15 is 0 Å². The molecule has 0 fully saturated rings. The molecule has 0 atom stereocenters. The van der Waals surface area contributed by atoms with E-state index in [0.29, 0.717) is 5.56 Å². The number of hydrogen-bond acceptors (Lipinski definition) is 1. The van der Waals surface area contributed by atoms with Gasteiger partial charge >= 0.3 is 0 Å². The Kier molecular flexibility index (Phi) is 2.42. The van der Waals surface area contributed by atoms with Crippen molar-refractivity contribution in [3.63, 3.8) is 0 Å². The zero-order valence-corrected chi connectivity index (χ0v) is 8.37. The standard InChI is InChI=1S/C13H11FO/c1-9-2-4-10(5-3-9)12-7-6-11(15)8-13(12)14/h2-8,15H,1H3. The van der Waals surface area contributed by atoms with E-state index in [1.807, 2.05) is 31.2 Å². The van der Waals surface area contributed by atoms with Gasteiger partial charge in [-0.15, -0.1) is 0 Å². The SMILES string of the molecule is Cc1ccc(-c2ccc(O)cc2F)cc1. The smallest absolute Gasteiger partial charge is 0.134 e. The molecule has 0 bridgehead atoms. The van der Waals surface area contributed by atoms with E-state index in [9.17, 15) is 4.39 Å². The molecule has 0 aromatic heterocycles. The summed E-state index contributed by atoms with van der Waals surface area (Å²) in [5.41, 5.74) is 2.46. The number of benzene rings is 2.